The van der Waals surface area contributed by atoms with Crippen LogP contribution in [-0.4, -0.2) is 16.8 Å². The number of nitrogen functional groups attached to an aromatic ring is 1. The number of carbonyl (C=O) groups is 1. The third-order valence-electron chi connectivity index (χ3n) is 2.95. The highest BCUT2D eigenvalue weighted by atomic mass is 32.1. The molecule has 2 aromatic rings. The highest BCUT2D eigenvalue weighted by molar-refractivity contribution is 7.09. The van der Waals surface area contributed by atoms with Gasteiger partial charge in [0.05, 0.1) is 6.54 Å². The lowest BCUT2D eigenvalue weighted by Crippen LogP contribution is -2.36. The maximum Gasteiger partial charge on any atom is 0.254 e. The molecule has 0 unspecified atom stereocenters. The Balaban J connectivity index is 2.19. The highest BCUT2D eigenvalue weighted by Crippen LogP contribution is 2.17. The molecular formula is C15H18N2OS. The monoisotopic (exact) mass is 274 g/mol. The molecule has 1 aromatic carbocycles. The molecule has 2 N–H and O–H groups in total. The molecule has 0 spiro atoms. The number of benzene rings is 1. The zero-order chi connectivity index (χ0) is 13.8. The summed E-state index contributed by atoms with van der Waals surface area (Å²) in [5, 5.41) is 2.03. The lowest BCUT2D eigenvalue weighted by molar-refractivity contribution is 0.0692. The molecule has 0 saturated carbocycles. The first-order valence-electron chi connectivity index (χ1n) is 6.27. The van der Waals surface area contributed by atoms with Crippen LogP contribution in [0.3, 0.4) is 0 Å². The molecule has 0 radical (unpaired) electrons. The van der Waals surface area contributed by atoms with Gasteiger partial charge in [-0.1, -0.05) is 6.07 Å². The molecule has 0 aliphatic carbocycles. The summed E-state index contributed by atoms with van der Waals surface area (Å²) in [6, 6.07) is 11.3. The van der Waals surface area contributed by atoms with Gasteiger partial charge in [0.25, 0.3) is 5.91 Å². The van der Waals surface area contributed by atoms with Gasteiger partial charge < -0.3 is 10.6 Å². The van der Waals surface area contributed by atoms with Gasteiger partial charge in [-0.15, -0.1) is 11.3 Å². The molecule has 1 aromatic heterocycles. The number of anilines is 1. The van der Waals surface area contributed by atoms with Gasteiger partial charge in [0.1, 0.15) is 0 Å². The Hall–Kier alpha value is -1.81. The maximum atomic E-state index is 12.5. The molecule has 1 amide bonds. The maximum absolute atomic E-state index is 12.5. The van der Waals surface area contributed by atoms with Gasteiger partial charge >= 0.3 is 0 Å². The Kier molecular flexibility index (Phi) is 4.22. The van der Waals surface area contributed by atoms with Crippen LogP contribution < -0.4 is 5.73 Å². The van der Waals surface area contributed by atoms with E-state index in [0.717, 1.165) is 0 Å². The summed E-state index contributed by atoms with van der Waals surface area (Å²) in [7, 11) is 0. The predicted octanol–water partition coefficient (Wildman–Crippen LogP) is 3.38. The number of carbonyl (C=O) groups excluding carboxylic acids is 1. The fourth-order valence-corrected chi connectivity index (χ4v) is 2.55. The van der Waals surface area contributed by atoms with Crippen LogP contribution in [0.15, 0.2) is 41.8 Å². The van der Waals surface area contributed by atoms with Crippen molar-refractivity contribution in [3.63, 3.8) is 0 Å². The Bertz CT molecular complexity index is 532. The van der Waals surface area contributed by atoms with Crippen LogP contribution in [0.1, 0.15) is 29.1 Å². The number of rotatable bonds is 4. The summed E-state index contributed by atoms with van der Waals surface area (Å²) >= 11 is 1.67. The number of hydrogen-bond acceptors (Lipinski definition) is 3. The Morgan fingerprint density at radius 2 is 1.95 bits per heavy atom. The van der Waals surface area contributed by atoms with E-state index in [9.17, 15) is 4.79 Å². The van der Waals surface area contributed by atoms with Crippen molar-refractivity contribution in [1.82, 2.24) is 4.90 Å². The second-order valence-electron chi connectivity index (χ2n) is 4.73. The molecule has 0 aliphatic rings. The quantitative estimate of drug-likeness (QED) is 0.869. The summed E-state index contributed by atoms with van der Waals surface area (Å²) in [5.41, 5.74) is 7.00. The van der Waals surface area contributed by atoms with Crippen LogP contribution in [0.5, 0.6) is 0 Å². The van der Waals surface area contributed by atoms with Crippen molar-refractivity contribution >= 4 is 22.9 Å². The van der Waals surface area contributed by atoms with Crippen LogP contribution in [-0.2, 0) is 6.54 Å². The van der Waals surface area contributed by atoms with E-state index in [1.54, 1.807) is 35.6 Å². The van der Waals surface area contributed by atoms with Gasteiger partial charge in [-0.3, -0.25) is 4.79 Å². The van der Waals surface area contributed by atoms with Gasteiger partial charge in [-0.25, -0.2) is 0 Å². The second kappa shape index (κ2) is 5.89. The number of hydrogen-bond donors (Lipinski definition) is 1. The molecule has 0 aliphatic heterocycles. The van der Waals surface area contributed by atoms with Gasteiger partial charge in [0.15, 0.2) is 0 Å². The Labute approximate surface area is 117 Å². The normalized spacial score (nSPS) is 10.7. The van der Waals surface area contributed by atoms with Gasteiger partial charge in [0, 0.05) is 22.2 Å². The number of nitrogens with zero attached hydrogens (tertiary/aromatic N) is 1. The van der Waals surface area contributed by atoms with Crippen molar-refractivity contribution in [3.8, 4) is 0 Å². The van der Waals surface area contributed by atoms with Crippen LogP contribution in [0.2, 0.25) is 0 Å². The first-order valence-corrected chi connectivity index (χ1v) is 7.15. The summed E-state index contributed by atoms with van der Waals surface area (Å²) in [6.07, 6.45) is 0. The molecule has 0 saturated heterocycles. The van der Waals surface area contributed by atoms with Crippen LogP contribution >= 0.6 is 11.3 Å². The summed E-state index contributed by atoms with van der Waals surface area (Å²) < 4.78 is 0. The molecule has 4 heteroatoms. The molecule has 100 valence electrons. The van der Waals surface area contributed by atoms with E-state index in [2.05, 4.69) is 6.07 Å². The largest absolute Gasteiger partial charge is 0.399 e. The molecule has 0 atom stereocenters. The fourth-order valence-electron chi connectivity index (χ4n) is 1.85. The second-order valence-corrected chi connectivity index (χ2v) is 5.76. The number of amides is 1. The minimum Gasteiger partial charge on any atom is -0.399 e. The third kappa shape index (κ3) is 3.35. The van der Waals surface area contributed by atoms with Gasteiger partial charge in [0.2, 0.25) is 0 Å². The van der Waals surface area contributed by atoms with Gasteiger partial charge in [-0.2, -0.15) is 0 Å². The van der Waals surface area contributed by atoms with Crippen molar-refractivity contribution in [2.75, 3.05) is 5.73 Å². The predicted molar refractivity (Wildman–Crippen MR) is 80.2 cm³/mol. The SMILES string of the molecule is CC(C)N(Cc1cccs1)C(=O)c1ccc(N)cc1. The molecule has 3 nitrogen and oxygen atoms in total. The molecule has 0 fully saturated rings. The molecule has 2 rings (SSSR count). The van der Waals surface area contributed by atoms with Crippen molar-refractivity contribution in [2.45, 2.75) is 26.4 Å². The average Bonchev–Trinajstić information content (AvgIpc) is 2.88. The lowest BCUT2D eigenvalue weighted by atomic mass is 10.1. The zero-order valence-electron chi connectivity index (χ0n) is 11.2. The van der Waals surface area contributed by atoms with E-state index < -0.39 is 0 Å². The molecule has 0 bridgehead atoms. The summed E-state index contributed by atoms with van der Waals surface area (Å²) in [4.78, 5) is 15.6. The minimum atomic E-state index is 0.0448. The highest BCUT2D eigenvalue weighted by Gasteiger charge is 2.19. The van der Waals surface area contributed by atoms with E-state index in [4.69, 9.17) is 5.73 Å². The van der Waals surface area contributed by atoms with E-state index in [1.165, 1.54) is 4.88 Å². The average molecular weight is 274 g/mol. The standard InChI is InChI=1S/C15H18N2OS/c1-11(2)17(10-14-4-3-9-19-14)15(18)12-5-7-13(16)8-6-12/h3-9,11H,10,16H2,1-2H3. The zero-order valence-corrected chi connectivity index (χ0v) is 12.0. The number of thiophene rings is 1. The Morgan fingerprint density at radius 1 is 1.26 bits per heavy atom. The van der Waals surface area contributed by atoms with Crippen molar-refractivity contribution in [2.24, 2.45) is 0 Å². The molecule has 19 heavy (non-hydrogen) atoms. The molecular weight excluding hydrogens is 256 g/mol. The summed E-state index contributed by atoms with van der Waals surface area (Å²) in [6.45, 7) is 4.71. The van der Waals surface area contributed by atoms with Crippen molar-refractivity contribution in [3.05, 3.63) is 52.2 Å². The summed E-state index contributed by atoms with van der Waals surface area (Å²) in [5.74, 6) is 0.0448. The smallest absolute Gasteiger partial charge is 0.254 e. The van der Waals surface area contributed by atoms with Crippen molar-refractivity contribution < 1.29 is 4.79 Å². The lowest BCUT2D eigenvalue weighted by Gasteiger charge is -2.26. The van der Waals surface area contributed by atoms with Gasteiger partial charge in [-0.05, 0) is 49.6 Å². The first-order chi connectivity index (χ1) is 9.08. The van der Waals surface area contributed by atoms with E-state index >= 15 is 0 Å². The van der Waals surface area contributed by atoms with Crippen LogP contribution in [0.4, 0.5) is 5.69 Å². The molecule has 1 heterocycles. The van der Waals surface area contributed by atoms with E-state index in [-0.39, 0.29) is 11.9 Å². The first kappa shape index (κ1) is 13.6. The van der Waals surface area contributed by atoms with Crippen molar-refractivity contribution in [1.29, 1.82) is 0 Å². The Morgan fingerprint density at radius 3 is 2.47 bits per heavy atom. The number of nitrogens with two attached hydrogens (primary N) is 1. The van der Waals surface area contributed by atoms with Crippen LogP contribution in [0, 0.1) is 0 Å². The van der Waals surface area contributed by atoms with Crippen LogP contribution in [0.25, 0.3) is 0 Å². The van der Waals surface area contributed by atoms with E-state index in [1.807, 2.05) is 30.2 Å². The topological polar surface area (TPSA) is 46.3 Å². The fraction of sp³-hybridized carbons (Fsp3) is 0.267. The third-order valence-corrected chi connectivity index (χ3v) is 3.81. The van der Waals surface area contributed by atoms with E-state index in [0.29, 0.717) is 17.8 Å². The minimum absolute atomic E-state index is 0.0448.